The van der Waals surface area contributed by atoms with Gasteiger partial charge in [-0.2, -0.15) is 0 Å². The fourth-order valence-electron chi connectivity index (χ4n) is 7.32. The number of rotatable bonds is 19. The summed E-state index contributed by atoms with van der Waals surface area (Å²) in [5, 5.41) is 8.05. The smallest absolute Gasteiger partial charge is 0.415 e. The molecule has 2 heterocycles. The van der Waals surface area contributed by atoms with Gasteiger partial charge in [0.25, 0.3) is 5.91 Å². The number of amides is 5. The SMILES string of the molecule is CC(C)C(N)C(=O)N[C@@H](CCCN)C(=O)Nc1ccc(COC(=O)N(C)CCN(C)C(=O)Oc2cc3c(c4ccccc24)CCN3C(=O)c2cc3cc(OCCN(C)C)ccc3[nH]2)cc1. The summed E-state index contributed by atoms with van der Waals surface area (Å²) in [7, 11) is 7.13. The van der Waals surface area contributed by atoms with Crippen molar-refractivity contribution in [1.82, 2.24) is 25.0 Å². The molecule has 1 aromatic heterocycles. The van der Waals surface area contributed by atoms with Crippen LogP contribution in [0.25, 0.3) is 21.7 Å². The molecule has 2 atom stereocenters. The van der Waals surface area contributed by atoms with Gasteiger partial charge in [0.15, 0.2) is 0 Å². The third-order valence-corrected chi connectivity index (χ3v) is 11.4. The monoisotopic (exact) mass is 891 g/mol. The molecule has 346 valence electrons. The van der Waals surface area contributed by atoms with Crippen molar-refractivity contribution in [2.24, 2.45) is 17.4 Å². The molecule has 6 rings (SSSR count). The van der Waals surface area contributed by atoms with Crippen molar-refractivity contribution in [3.05, 3.63) is 95.7 Å². The number of nitrogens with one attached hydrogen (secondary N) is 3. The summed E-state index contributed by atoms with van der Waals surface area (Å²) in [5.41, 5.74) is 15.7. The first-order chi connectivity index (χ1) is 31.1. The summed E-state index contributed by atoms with van der Waals surface area (Å²) in [6.07, 6.45) is 0.301. The zero-order chi connectivity index (χ0) is 46.8. The van der Waals surface area contributed by atoms with E-state index in [0.29, 0.717) is 67.3 Å². The zero-order valence-corrected chi connectivity index (χ0v) is 38.0. The second-order valence-corrected chi connectivity index (χ2v) is 16.9. The van der Waals surface area contributed by atoms with Gasteiger partial charge in [-0.1, -0.05) is 50.2 Å². The van der Waals surface area contributed by atoms with Crippen molar-refractivity contribution in [2.45, 2.75) is 51.8 Å². The number of carbonyl (C=O) groups excluding carboxylic acids is 5. The molecule has 7 N–H and O–H groups in total. The van der Waals surface area contributed by atoms with Crippen molar-refractivity contribution in [1.29, 1.82) is 0 Å². The van der Waals surface area contributed by atoms with Gasteiger partial charge < -0.3 is 60.9 Å². The molecule has 0 spiro atoms. The van der Waals surface area contributed by atoms with Crippen LogP contribution < -0.4 is 36.5 Å². The molecule has 17 nitrogen and oxygen atoms in total. The van der Waals surface area contributed by atoms with Crippen LogP contribution >= 0.6 is 0 Å². The van der Waals surface area contributed by atoms with E-state index in [1.807, 2.05) is 81.4 Å². The molecule has 0 aliphatic carbocycles. The third kappa shape index (κ3) is 12.1. The maximum absolute atomic E-state index is 14.0. The first kappa shape index (κ1) is 47.8. The average Bonchev–Trinajstić information content (AvgIpc) is 3.93. The second-order valence-electron chi connectivity index (χ2n) is 16.9. The molecule has 5 aromatic rings. The summed E-state index contributed by atoms with van der Waals surface area (Å²) in [6.45, 7) is 6.08. The van der Waals surface area contributed by atoms with Crippen LogP contribution in [0.15, 0.2) is 78.9 Å². The second kappa shape index (κ2) is 21.8. The van der Waals surface area contributed by atoms with Gasteiger partial charge in [-0.3, -0.25) is 14.4 Å². The predicted molar refractivity (Wildman–Crippen MR) is 251 cm³/mol. The fraction of sp³-hybridized carbons (Fsp3) is 0.396. The van der Waals surface area contributed by atoms with Crippen LogP contribution in [-0.4, -0.2) is 129 Å². The molecule has 0 saturated carbocycles. The van der Waals surface area contributed by atoms with Gasteiger partial charge in [-0.15, -0.1) is 0 Å². The zero-order valence-electron chi connectivity index (χ0n) is 38.0. The highest BCUT2D eigenvalue weighted by atomic mass is 16.6. The normalized spacial score (nSPS) is 13.1. The van der Waals surface area contributed by atoms with E-state index >= 15 is 0 Å². The Morgan fingerprint density at radius 2 is 1.55 bits per heavy atom. The first-order valence-corrected chi connectivity index (χ1v) is 21.9. The lowest BCUT2D eigenvalue weighted by Crippen LogP contribution is -2.51. The summed E-state index contributed by atoms with van der Waals surface area (Å²) >= 11 is 0. The highest BCUT2D eigenvalue weighted by Gasteiger charge is 2.31. The first-order valence-electron chi connectivity index (χ1n) is 21.9. The van der Waals surface area contributed by atoms with Gasteiger partial charge in [0, 0.05) is 68.3 Å². The van der Waals surface area contributed by atoms with Gasteiger partial charge in [-0.25, -0.2) is 9.59 Å². The molecular weight excluding hydrogens is 831 g/mol. The van der Waals surface area contributed by atoms with Crippen molar-refractivity contribution in [2.75, 3.05) is 77.7 Å². The summed E-state index contributed by atoms with van der Waals surface area (Å²) in [4.78, 5) is 75.9. The average molecular weight is 892 g/mol. The van der Waals surface area contributed by atoms with Crippen molar-refractivity contribution in [3.8, 4) is 11.5 Å². The molecular formula is C48H61N9O8. The number of anilines is 2. The Kier molecular flexibility index (Phi) is 16.0. The summed E-state index contributed by atoms with van der Waals surface area (Å²) in [5.74, 6) is -0.0503. The molecule has 1 aliphatic rings. The van der Waals surface area contributed by atoms with Crippen LogP contribution in [0.5, 0.6) is 11.5 Å². The van der Waals surface area contributed by atoms with Crippen molar-refractivity contribution in [3.63, 3.8) is 0 Å². The summed E-state index contributed by atoms with van der Waals surface area (Å²) in [6, 6.07) is 22.2. The lowest BCUT2D eigenvalue weighted by Gasteiger charge is -2.23. The number of likely N-dealkylation sites (N-methyl/N-ethyl adjacent to an activating group) is 3. The minimum Gasteiger partial charge on any atom is -0.492 e. The van der Waals surface area contributed by atoms with Crippen LogP contribution in [0.1, 0.15) is 48.3 Å². The van der Waals surface area contributed by atoms with E-state index in [2.05, 4.69) is 15.6 Å². The Balaban J connectivity index is 1.02. The van der Waals surface area contributed by atoms with Gasteiger partial charge in [0.05, 0.1) is 11.7 Å². The maximum Gasteiger partial charge on any atom is 0.415 e. The van der Waals surface area contributed by atoms with E-state index in [9.17, 15) is 24.0 Å². The Labute approximate surface area is 379 Å². The molecule has 0 fully saturated rings. The number of benzene rings is 4. The number of ether oxygens (including phenoxy) is 3. The number of aromatic nitrogens is 1. The summed E-state index contributed by atoms with van der Waals surface area (Å²) < 4.78 is 17.4. The van der Waals surface area contributed by atoms with Gasteiger partial charge in [0.1, 0.15) is 36.4 Å². The minimum atomic E-state index is -0.804. The molecule has 1 aliphatic heterocycles. The number of hydrogen-bond acceptors (Lipinski definition) is 11. The van der Waals surface area contributed by atoms with E-state index in [1.165, 1.54) is 9.80 Å². The highest BCUT2D eigenvalue weighted by Crippen LogP contribution is 2.41. The Morgan fingerprint density at radius 3 is 2.25 bits per heavy atom. The topological polar surface area (TPSA) is 218 Å². The fourth-order valence-corrected chi connectivity index (χ4v) is 7.32. The molecule has 65 heavy (non-hydrogen) atoms. The molecule has 0 saturated heterocycles. The van der Waals surface area contributed by atoms with Crippen LogP contribution in [0.3, 0.4) is 0 Å². The maximum atomic E-state index is 14.0. The highest BCUT2D eigenvalue weighted by molar-refractivity contribution is 6.11. The number of nitrogens with two attached hydrogens (primary N) is 2. The minimum absolute atomic E-state index is 0.0318. The number of carbonyl (C=O) groups is 5. The number of nitrogens with zero attached hydrogens (tertiary/aromatic N) is 4. The Hall–Kier alpha value is -6.69. The van der Waals surface area contributed by atoms with E-state index in [4.69, 9.17) is 25.7 Å². The quantitative estimate of drug-likeness (QED) is 0.0716. The predicted octanol–water partition coefficient (Wildman–Crippen LogP) is 5.31. The van der Waals surface area contributed by atoms with Crippen LogP contribution in [-0.2, 0) is 27.4 Å². The van der Waals surface area contributed by atoms with E-state index in [1.54, 1.807) is 49.3 Å². The van der Waals surface area contributed by atoms with Crippen LogP contribution in [0.4, 0.5) is 21.0 Å². The lowest BCUT2D eigenvalue weighted by molar-refractivity contribution is -0.128. The molecule has 5 amide bonds. The molecule has 0 radical (unpaired) electrons. The van der Waals surface area contributed by atoms with Crippen LogP contribution in [0.2, 0.25) is 0 Å². The molecule has 17 heteroatoms. The Bertz CT molecular complexity index is 2490. The molecule has 4 aromatic carbocycles. The number of fused-ring (bicyclic) bond motifs is 4. The van der Waals surface area contributed by atoms with Crippen LogP contribution in [0, 0.1) is 5.92 Å². The van der Waals surface area contributed by atoms with E-state index in [0.717, 1.165) is 39.5 Å². The lowest BCUT2D eigenvalue weighted by atomic mass is 10.0. The number of aromatic amines is 1. The number of H-pyrrole nitrogens is 1. The third-order valence-electron chi connectivity index (χ3n) is 11.4. The number of hydrogen-bond donors (Lipinski definition) is 5. The van der Waals surface area contributed by atoms with Gasteiger partial charge in [-0.05, 0) is 98.7 Å². The van der Waals surface area contributed by atoms with Crippen molar-refractivity contribution < 1.29 is 38.2 Å². The van der Waals surface area contributed by atoms with Gasteiger partial charge >= 0.3 is 12.2 Å². The standard InChI is InChI=1S/C48H61N9O8/c1-30(2)43(50)45(59)53-39(12-9-20-49)44(58)51-33-15-13-31(14-16-33)29-64-47(61)55(5)22-23-56(6)48(62)65-42-28-41-36(35-10-7-8-11-37(35)42)19-21-57(41)46(60)40-27-32-26-34(17-18-38(32)52-40)63-25-24-54(3)4/h7-8,10-11,13-18,26-28,30,39,43,52H,9,12,19-25,29,49-50H2,1-6H3,(H,51,58)(H,53,59)/t39-,43?/m0/s1. The van der Waals surface area contributed by atoms with Gasteiger partial charge in [0.2, 0.25) is 11.8 Å². The molecule has 0 bridgehead atoms. The Morgan fingerprint density at radius 1 is 0.846 bits per heavy atom. The van der Waals surface area contributed by atoms with E-state index < -0.39 is 36.1 Å². The largest absolute Gasteiger partial charge is 0.492 e. The molecule has 1 unspecified atom stereocenters. The van der Waals surface area contributed by atoms with Crippen molar-refractivity contribution >= 4 is 63.0 Å². The van der Waals surface area contributed by atoms with E-state index in [-0.39, 0.29) is 31.5 Å².